The fraction of sp³-hybridized carbons (Fsp3) is 0.733. The summed E-state index contributed by atoms with van der Waals surface area (Å²) in [4.78, 5) is 23.4. The second-order valence-corrected chi connectivity index (χ2v) is 7.19. The summed E-state index contributed by atoms with van der Waals surface area (Å²) >= 11 is 1.40. The van der Waals surface area contributed by atoms with Gasteiger partial charge >= 0.3 is 0 Å². The molecule has 0 saturated carbocycles. The summed E-state index contributed by atoms with van der Waals surface area (Å²) in [5.41, 5.74) is 6.41. The van der Waals surface area contributed by atoms with Crippen LogP contribution in [-0.2, 0) is 11.2 Å². The summed E-state index contributed by atoms with van der Waals surface area (Å²) in [6, 6.07) is 0.701. The number of piperidine rings is 1. The van der Waals surface area contributed by atoms with Gasteiger partial charge in [0.1, 0.15) is 0 Å². The molecule has 3 heterocycles. The molecule has 2 N–H and O–H groups in total. The number of likely N-dealkylation sites (tertiary alicyclic amines) is 1. The Morgan fingerprint density at radius 3 is 2.55 bits per heavy atom. The quantitative estimate of drug-likeness (QED) is 0.878. The van der Waals surface area contributed by atoms with Gasteiger partial charge in [-0.05, 0) is 33.0 Å². The highest BCUT2D eigenvalue weighted by Gasteiger charge is 2.28. The molecule has 0 bridgehead atoms. The monoisotopic (exact) mass is 323 g/mol. The van der Waals surface area contributed by atoms with Crippen LogP contribution in [0.3, 0.4) is 0 Å². The average molecular weight is 323 g/mol. The summed E-state index contributed by atoms with van der Waals surface area (Å²) in [5, 5.41) is 2.41. The molecule has 2 aliphatic heterocycles. The van der Waals surface area contributed by atoms with E-state index in [1.807, 2.05) is 10.3 Å². The normalized spacial score (nSPS) is 22.1. The molecule has 2 aliphatic rings. The van der Waals surface area contributed by atoms with Crippen molar-refractivity contribution in [1.29, 1.82) is 0 Å². The van der Waals surface area contributed by atoms with Gasteiger partial charge in [0, 0.05) is 37.6 Å². The lowest BCUT2D eigenvalue weighted by Gasteiger charge is -2.42. The van der Waals surface area contributed by atoms with Gasteiger partial charge in [0.2, 0.25) is 5.91 Å². The number of carbonyl (C=O) groups excluding carboxylic acids is 1. The fourth-order valence-corrected chi connectivity index (χ4v) is 3.93. The minimum Gasteiger partial charge on any atom is -0.375 e. The third kappa shape index (κ3) is 3.77. The number of thiazole rings is 1. The van der Waals surface area contributed by atoms with Crippen LogP contribution < -0.4 is 5.73 Å². The van der Waals surface area contributed by atoms with Crippen LogP contribution >= 0.6 is 11.3 Å². The third-order valence-corrected chi connectivity index (χ3v) is 5.50. The van der Waals surface area contributed by atoms with Crippen LogP contribution in [0.2, 0.25) is 0 Å². The van der Waals surface area contributed by atoms with Gasteiger partial charge in [0.15, 0.2) is 5.13 Å². The Kier molecular flexibility index (Phi) is 4.95. The molecule has 2 saturated heterocycles. The van der Waals surface area contributed by atoms with E-state index in [4.69, 9.17) is 5.73 Å². The molecule has 7 heteroatoms. The number of amides is 1. The number of anilines is 1. The molecule has 1 aromatic heterocycles. The number of nitrogens with two attached hydrogens (primary N) is 1. The zero-order chi connectivity index (χ0) is 15.5. The Bertz CT molecular complexity index is 504. The SMILES string of the molecule is CN1CCC(N2CCN(C(=O)Cc3csc(N)n3)CC2)CC1. The summed E-state index contributed by atoms with van der Waals surface area (Å²) in [7, 11) is 2.19. The van der Waals surface area contributed by atoms with Crippen molar-refractivity contribution in [2.75, 3.05) is 52.0 Å². The average Bonchev–Trinajstić information content (AvgIpc) is 2.93. The van der Waals surface area contributed by atoms with E-state index in [1.165, 1.54) is 37.3 Å². The smallest absolute Gasteiger partial charge is 0.228 e. The molecule has 0 radical (unpaired) electrons. The summed E-state index contributed by atoms with van der Waals surface area (Å²) < 4.78 is 0. The number of aromatic nitrogens is 1. The molecule has 6 nitrogen and oxygen atoms in total. The van der Waals surface area contributed by atoms with Gasteiger partial charge < -0.3 is 15.5 Å². The fourth-order valence-electron chi connectivity index (χ4n) is 3.37. The van der Waals surface area contributed by atoms with Crippen LogP contribution in [0.5, 0.6) is 0 Å². The van der Waals surface area contributed by atoms with Gasteiger partial charge in [-0.15, -0.1) is 11.3 Å². The van der Waals surface area contributed by atoms with E-state index in [0.717, 1.165) is 31.9 Å². The maximum Gasteiger partial charge on any atom is 0.228 e. The van der Waals surface area contributed by atoms with Gasteiger partial charge in [0.05, 0.1) is 12.1 Å². The Hall–Kier alpha value is -1.18. The minimum atomic E-state index is 0.174. The van der Waals surface area contributed by atoms with Gasteiger partial charge in [-0.25, -0.2) is 4.98 Å². The first-order valence-corrected chi connectivity index (χ1v) is 8.90. The van der Waals surface area contributed by atoms with Crippen LogP contribution in [0.1, 0.15) is 18.5 Å². The standard InChI is InChI=1S/C15H25N5OS/c1-18-4-2-13(3-5-18)19-6-8-20(9-7-19)14(21)10-12-11-22-15(16)17-12/h11,13H,2-10H2,1H3,(H2,16,17). The molecule has 22 heavy (non-hydrogen) atoms. The molecule has 3 rings (SSSR count). The van der Waals surface area contributed by atoms with E-state index in [0.29, 0.717) is 17.6 Å². The van der Waals surface area contributed by atoms with E-state index >= 15 is 0 Å². The predicted molar refractivity (Wildman–Crippen MR) is 88.9 cm³/mol. The predicted octanol–water partition coefficient (Wildman–Crippen LogP) is 0.506. The molecule has 0 aliphatic carbocycles. The lowest BCUT2D eigenvalue weighted by atomic mass is 10.0. The first-order chi connectivity index (χ1) is 10.6. The molecular formula is C15H25N5OS. The molecule has 0 spiro atoms. The van der Waals surface area contributed by atoms with Gasteiger partial charge in [-0.2, -0.15) is 0 Å². The lowest BCUT2D eigenvalue weighted by Crippen LogP contribution is -2.54. The summed E-state index contributed by atoms with van der Waals surface area (Å²) in [6.07, 6.45) is 2.88. The van der Waals surface area contributed by atoms with E-state index < -0.39 is 0 Å². The highest BCUT2D eigenvalue weighted by Crippen LogP contribution is 2.18. The van der Waals surface area contributed by atoms with Crippen molar-refractivity contribution in [2.45, 2.75) is 25.3 Å². The van der Waals surface area contributed by atoms with E-state index in [2.05, 4.69) is 21.8 Å². The van der Waals surface area contributed by atoms with Crippen LogP contribution in [-0.4, -0.2) is 77.9 Å². The van der Waals surface area contributed by atoms with Crippen molar-refractivity contribution in [3.8, 4) is 0 Å². The van der Waals surface area contributed by atoms with Crippen molar-refractivity contribution >= 4 is 22.4 Å². The summed E-state index contributed by atoms with van der Waals surface area (Å²) in [6.45, 7) is 6.05. The number of hydrogen-bond acceptors (Lipinski definition) is 6. The largest absolute Gasteiger partial charge is 0.375 e. The first-order valence-electron chi connectivity index (χ1n) is 8.02. The molecule has 0 aromatic carbocycles. The molecule has 2 fully saturated rings. The van der Waals surface area contributed by atoms with Crippen molar-refractivity contribution in [3.63, 3.8) is 0 Å². The maximum absolute atomic E-state index is 12.3. The Balaban J connectivity index is 1.46. The third-order valence-electron chi connectivity index (χ3n) is 4.77. The molecule has 1 amide bonds. The van der Waals surface area contributed by atoms with Gasteiger partial charge in [-0.1, -0.05) is 0 Å². The van der Waals surface area contributed by atoms with Crippen LogP contribution in [0.15, 0.2) is 5.38 Å². The second kappa shape index (κ2) is 6.93. The van der Waals surface area contributed by atoms with Crippen molar-refractivity contribution in [2.24, 2.45) is 0 Å². The number of nitrogen functional groups attached to an aromatic ring is 1. The minimum absolute atomic E-state index is 0.174. The maximum atomic E-state index is 12.3. The van der Waals surface area contributed by atoms with E-state index in [1.54, 1.807) is 0 Å². The van der Waals surface area contributed by atoms with Crippen LogP contribution in [0.25, 0.3) is 0 Å². The van der Waals surface area contributed by atoms with Gasteiger partial charge in [-0.3, -0.25) is 9.69 Å². The highest BCUT2D eigenvalue weighted by molar-refractivity contribution is 7.13. The topological polar surface area (TPSA) is 65.7 Å². The van der Waals surface area contributed by atoms with Crippen LogP contribution in [0, 0.1) is 0 Å². The number of piperazine rings is 1. The van der Waals surface area contributed by atoms with Gasteiger partial charge in [0.25, 0.3) is 0 Å². The van der Waals surface area contributed by atoms with Crippen LogP contribution in [0.4, 0.5) is 5.13 Å². The molecular weight excluding hydrogens is 298 g/mol. The molecule has 122 valence electrons. The zero-order valence-corrected chi connectivity index (χ0v) is 14.0. The van der Waals surface area contributed by atoms with E-state index in [-0.39, 0.29) is 5.91 Å². The van der Waals surface area contributed by atoms with Crippen molar-refractivity contribution < 1.29 is 4.79 Å². The highest BCUT2D eigenvalue weighted by atomic mass is 32.1. The number of nitrogens with zero attached hydrogens (tertiary/aromatic N) is 4. The second-order valence-electron chi connectivity index (χ2n) is 6.31. The number of rotatable bonds is 3. The van der Waals surface area contributed by atoms with E-state index in [9.17, 15) is 4.79 Å². The molecule has 0 atom stereocenters. The Morgan fingerprint density at radius 1 is 1.27 bits per heavy atom. The molecule has 0 unspecified atom stereocenters. The number of carbonyl (C=O) groups is 1. The Morgan fingerprint density at radius 2 is 1.95 bits per heavy atom. The Labute approximate surface area is 135 Å². The van der Waals surface area contributed by atoms with Crippen molar-refractivity contribution in [3.05, 3.63) is 11.1 Å². The summed E-state index contributed by atoms with van der Waals surface area (Å²) in [5.74, 6) is 0.174. The number of hydrogen-bond donors (Lipinski definition) is 1. The molecule has 1 aromatic rings. The zero-order valence-electron chi connectivity index (χ0n) is 13.2. The first kappa shape index (κ1) is 15.7. The van der Waals surface area contributed by atoms with Crippen molar-refractivity contribution in [1.82, 2.24) is 19.7 Å². The lowest BCUT2D eigenvalue weighted by molar-refractivity contribution is -0.132.